The molecular weight excluding hydrogens is 406 g/mol. The Morgan fingerprint density at radius 2 is 1.74 bits per heavy atom. The molecule has 2 atom stereocenters. The molecule has 166 valence electrons. The standard InChI is InChI=1S/C22H26F2N4O3/c1-12-10-27-17(11-25(12)2)21(29)28(14-4-6-31-7-5-14)20-19(27)15-8-13(23)9-16(24)18(15)26(3)22(20)30/h8-9,12,14,17H,4-7,10-11H2,1-3H3. The molecule has 7 nitrogen and oxygen atoms in total. The number of hydrogen-bond acceptors (Lipinski definition) is 5. The summed E-state index contributed by atoms with van der Waals surface area (Å²) in [4.78, 5) is 32.9. The van der Waals surface area contributed by atoms with Crippen LogP contribution in [0.1, 0.15) is 19.8 Å². The molecule has 0 bridgehead atoms. The topological polar surface area (TPSA) is 58.0 Å². The van der Waals surface area contributed by atoms with Crippen LogP contribution in [0.25, 0.3) is 10.9 Å². The molecule has 0 N–H and O–H groups in total. The molecule has 1 aromatic carbocycles. The lowest BCUT2D eigenvalue weighted by atomic mass is 9.95. The van der Waals surface area contributed by atoms with Crippen molar-refractivity contribution in [1.29, 1.82) is 0 Å². The van der Waals surface area contributed by atoms with Gasteiger partial charge in [-0.25, -0.2) is 8.78 Å². The number of aromatic nitrogens is 1. The number of amides is 1. The molecule has 3 aliphatic heterocycles. The zero-order chi connectivity index (χ0) is 22.0. The highest BCUT2D eigenvalue weighted by Gasteiger charge is 2.47. The van der Waals surface area contributed by atoms with E-state index in [1.165, 1.54) is 17.7 Å². The number of carbonyl (C=O) groups excluding carboxylic acids is 1. The SMILES string of the molecule is CC1CN2c3c(c(=O)n(C)c4c(F)cc(F)cc34)N(C3CCOCC3)C(=O)C2CN1C. The summed E-state index contributed by atoms with van der Waals surface area (Å²) in [5, 5.41) is 0.320. The molecule has 1 aromatic heterocycles. The Hall–Kier alpha value is -2.52. The van der Waals surface area contributed by atoms with Crippen molar-refractivity contribution in [2.75, 3.05) is 43.2 Å². The summed E-state index contributed by atoms with van der Waals surface area (Å²) in [5.74, 6) is -1.63. The maximum absolute atomic E-state index is 14.8. The third-order valence-electron chi connectivity index (χ3n) is 7.01. The van der Waals surface area contributed by atoms with E-state index in [2.05, 4.69) is 4.90 Å². The van der Waals surface area contributed by atoms with Crippen LogP contribution in [0.3, 0.4) is 0 Å². The summed E-state index contributed by atoms with van der Waals surface area (Å²) in [7, 11) is 3.43. The summed E-state index contributed by atoms with van der Waals surface area (Å²) >= 11 is 0. The summed E-state index contributed by atoms with van der Waals surface area (Å²) in [6.07, 6.45) is 1.23. The number of benzene rings is 1. The maximum Gasteiger partial charge on any atom is 0.277 e. The second kappa shape index (κ2) is 7.27. The largest absolute Gasteiger partial charge is 0.381 e. The number of carbonyl (C=O) groups is 1. The van der Waals surface area contributed by atoms with Crippen molar-refractivity contribution in [1.82, 2.24) is 9.47 Å². The van der Waals surface area contributed by atoms with E-state index in [1.807, 2.05) is 18.9 Å². The molecule has 0 radical (unpaired) electrons. The highest BCUT2D eigenvalue weighted by Crippen LogP contribution is 2.43. The van der Waals surface area contributed by atoms with Gasteiger partial charge in [0, 0.05) is 56.9 Å². The van der Waals surface area contributed by atoms with Gasteiger partial charge in [-0.2, -0.15) is 0 Å². The number of halogens is 2. The quantitative estimate of drug-likeness (QED) is 0.689. The molecular formula is C22H26F2N4O3. The fourth-order valence-electron chi connectivity index (χ4n) is 5.22. The van der Waals surface area contributed by atoms with Gasteiger partial charge in [0.05, 0.1) is 11.2 Å². The van der Waals surface area contributed by atoms with E-state index in [0.717, 1.165) is 6.07 Å². The third kappa shape index (κ3) is 2.97. The van der Waals surface area contributed by atoms with Crippen LogP contribution in [0.4, 0.5) is 20.2 Å². The number of hydrogen-bond donors (Lipinski definition) is 0. The minimum absolute atomic E-state index is 0.0526. The molecule has 3 aliphatic rings. The average Bonchev–Trinajstić information content (AvgIpc) is 2.73. The second-order valence-corrected chi connectivity index (χ2v) is 8.85. The summed E-state index contributed by atoms with van der Waals surface area (Å²) in [6.45, 7) is 4.02. The highest BCUT2D eigenvalue weighted by atomic mass is 19.1. The summed E-state index contributed by atoms with van der Waals surface area (Å²) in [5.41, 5.74) is 0.298. The number of pyridine rings is 1. The average molecular weight is 432 g/mol. The van der Waals surface area contributed by atoms with Crippen LogP contribution in [0, 0.1) is 11.6 Å². The van der Waals surface area contributed by atoms with Crippen LogP contribution < -0.4 is 15.4 Å². The van der Waals surface area contributed by atoms with E-state index in [9.17, 15) is 18.4 Å². The number of piperazine rings is 1. The molecule has 0 aliphatic carbocycles. The van der Waals surface area contributed by atoms with Crippen LogP contribution >= 0.6 is 0 Å². The van der Waals surface area contributed by atoms with Crippen LogP contribution in [0.15, 0.2) is 16.9 Å². The van der Waals surface area contributed by atoms with E-state index in [-0.39, 0.29) is 29.2 Å². The van der Waals surface area contributed by atoms with Crippen LogP contribution in [-0.2, 0) is 16.6 Å². The normalized spacial score (nSPS) is 25.1. The van der Waals surface area contributed by atoms with Crippen molar-refractivity contribution in [2.45, 2.75) is 37.9 Å². The highest BCUT2D eigenvalue weighted by molar-refractivity contribution is 6.12. The van der Waals surface area contributed by atoms with Crippen molar-refractivity contribution in [3.63, 3.8) is 0 Å². The molecule has 2 fully saturated rings. The van der Waals surface area contributed by atoms with Gasteiger partial charge in [-0.15, -0.1) is 0 Å². The van der Waals surface area contributed by atoms with E-state index < -0.39 is 23.2 Å². The zero-order valence-electron chi connectivity index (χ0n) is 17.9. The number of anilines is 2. The van der Waals surface area contributed by atoms with Gasteiger partial charge >= 0.3 is 0 Å². The first-order valence-corrected chi connectivity index (χ1v) is 10.7. The van der Waals surface area contributed by atoms with Crippen molar-refractivity contribution in [2.24, 2.45) is 7.05 Å². The van der Waals surface area contributed by atoms with Crippen LogP contribution in [-0.4, -0.2) is 66.9 Å². The first-order chi connectivity index (χ1) is 14.8. The molecule has 0 spiro atoms. The zero-order valence-corrected chi connectivity index (χ0v) is 17.9. The Morgan fingerprint density at radius 3 is 2.45 bits per heavy atom. The second-order valence-electron chi connectivity index (χ2n) is 8.85. The number of ether oxygens (including phenoxy) is 1. The van der Waals surface area contributed by atoms with Crippen molar-refractivity contribution in [3.05, 3.63) is 34.1 Å². The van der Waals surface area contributed by atoms with Crippen molar-refractivity contribution in [3.8, 4) is 0 Å². The minimum atomic E-state index is -0.786. The van der Waals surface area contributed by atoms with Gasteiger partial charge < -0.3 is 19.1 Å². The summed E-state index contributed by atoms with van der Waals surface area (Å²) < 4.78 is 35.8. The monoisotopic (exact) mass is 432 g/mol. The molecule has 2 saturated heterocycles. The Labute approximate surface area is 178 Å². The van der Waals surface area contributed by atoms with Gasteiger partial charge in [-0.1, -0.05) is 0 Å². The first-order valence-electron chi connectivity index (χ1n) is 10.7. The van der Waals surface area contributed by atoms with Crippen LogP contribution in [0.2, 0.25) is 0 Å². The van der Waals surface area contributed by atoms with Gasteiger partial charge in [0.1, 0.15) is 17.5 Å². The smallest absolute Gasteiger partial charge is 0.277 e. The van der Waals surface area contributed by atoms with Crippen molar-refractivity contribution < 1.29 is 18.3 Å². The van der Waals surface area contributed by atoms with Gasteiger partial charge in [0.15, 0.2) is 5.82 Å². The Morgan fingerprint density at radius 1 is 1.03 bits per heavy atom. The number of aryl methyl sites for hydroxylation is 1. The fourth-order valence-corrected chi connectivity index (χ4v) is 5.22. The maximum atomic E-state index is 14.8. The van der Waals surface area contributed by atoms with Gasteiger partial charge in [-0.3, -0.25) is 14.5 Å². The lowest BCUT2D eigenvalue weighted by Crippen LogP contribution is -2.66. The number of likely N-dealkylation sites (N-methyl/N-ethyl adjacent to an activating group) is 1. The molecule has 2 unspecified atom stereocenters. The minimum Gasteiger partial charge on any atom is -0.381 e. The fraction of sp³-hybridized carbons (Fsp3) is 0.545. The number of nitrogens with zero attached hydrogens (tertiary/aromatic N) is 4. The van der Waals surface area contributed by atoms with Gasteiger partial charge in [0.2, 0.25) is 0 Å². The van der Waals surface area contributed by atoms with Gasteiger partial charge in [0.25, 0.3) is 11.5 Å². The van der Waals surface area contributed by atoms with E-state index in [0.29, 0.717) is 50.2 Å². The number of rotatable bonds is 1. The molecule has 1 amide bonds. The van der Waals surface area contributed by atoms with Crippen molar-refractivity contribution >= 4 is 28.2 Å². The molecule has 2 aromatic rings. The Kier molecular flexibility index (Phi) is 4.78. The first kappa shape index (κ1) is 20.4. The number of fused-ring (bicyclic) bond motifs is 5. The van der Waals surface area contributed by atoms with E-state index >= 15 is 0 Å². The Bertz CT molecular complexity index is 1130. The molecule has 9 heteroatoms. The predicted octanol–water partition coefficient (Wildman–Crippen LogP) is 1.85. The van der Waals surface area contributed by atoms with E-state index in [1.54, 1.807) is 4.90 Å². The lowest BCUT2D eigenvalue weighted by molar-refractivity contribution is -0.122. The third-order valence-corrected chi connectivity index (χ3v) is 7.01. The molecule has 4 heterocycles. The van der Waals surface area contributed by atoms with Gasteiger partial charge in [-0.05, 0) is 32.9 Å². The van der Waals surface area contributed by atoms with Crippen LogP contribution in [0.5, 0.6) is 0 Å². The Balaban J connectivity index is 1.84. The predicted molar refractivity (Wildman–Crippen MR) is 114 cm³/mol. The molecule has 5 rings (SSSR count). The lowest BCUT2D eigenvalue weighted by Gasteiger charge is -2.51. The molecule has 31 heavy (non-hydrogen) atoms. The molecule has 0 saturated carbocycles. The van der Waals surface area contributed by atoms with E-state index in [4.69, 9.17) is 4.74 Å². The summed E-state index contributed by atoms with van der Waals surface area (Å²) in [6, 6.07) is 1.48.